The van der Waals surface area contributed by atoms with Crippen LogP contribution in [-0.4, -0.2) is 35.3 Å². The molecule has 86 valence electrons. The molecule has 3 heteroatoms. The van der Waals surface area contributed by atoms with Crippen LogP contribution in [0.2, 0.25) is 0 Å². The molecule has 0 aliphatic carbocycles. The van der Waals surface area contributed by atoms with Crippen molar-refractivity contribution in [2.75, 3.05) is 18.9 Å². The van der Waals surface area contributed by atoms with Crippen LogP contribution in [0.25, 0.3) is 0 Å². The lowest BCUT2D eigenvalue weighted by molar-refractivity contribution is 0.300. The van der Waals surface area contributed by atoms with Gasteiger partial charge >= 0.3 is 0 Å². The van der Waals surface area contributed by atoms with Crippen LogP contribution in [0.15, 0.2) is 0 Å². The Balaban J connectivity index is 3.32. The Hall–Kier alpha value is 0.270. The van der Waals surface area contributed by atoms with Crippen LogP contribution < -0.4 is 5.32 Å². The van der Waals surface area contributed by atoms with E-state index in [4.69, 9.17) is 5.11 Å². The summed E-state index contributed by atoms with van der Waals surface area (Å²) in [5.41, 5.74) is 0. The second-order valence-electron chi connectivity index (χ2n) is 3.67. The standard InChI is InChI=1S/C11H25NOS/c1-4-11(12-5-2)7-6-8-14-10(3)9-13/h10-13H,4-9H2,1-3H3. The molecule has 0 aliphatic rings. The molecule has 0 saturated heterocycles. The molecule has 2 N–H and O–H groups in total. The van der Waals surface area contributed by atoms with Crippen molar-refractivity contribution in [3.8, 4) is 0 Å². The monoisotopic (exact) mass is 219 g/mol. The Labute approximate surface area is 92.9 Å². The lowest BCUT2D eigenvalue weighted by Crippen LogP contribution is -2.28. The molecule has 2 atom stereocenters. The first-order valence-corrected chi connectivity index (χ1v) is 6.75. The minimum absolute atomic E-state index is 0.301. The van der Waals surface area contributed by atoms with Gasteiger partial charge in [0.2, 0.25) is 0 Å². The molecule has 0 aromatic carbocycles. The predicted octanol–water partition coefficient (Wildman–Crippen LogP) is 2.27. The molecule has 0 heterocycles. The first-order valence-electron chi connectivity index (χ1n) is 5.70. The van der Waals surface area contributed by atoms with Gasteiger partial charge in [0.15, 0.2) is 0 Å². The summed E-state index contributed by atoms with van der Waals surface area (Å²) in [6.45, 7) is 7.84. The minimum atomic E-state index is 0.301. The van der Waals surface area contributed by atoms with Gasteiger partial charge in [0, 0.05) is 11.3 Å². The molecule has 0 bridgehead atoms. The molecule has 0 aliphatic heterocycles. The van der Waals surface area contributed by atoms with Crippen molar-refractivity contribution in [1.82, 2.24) is 5.32 Å². The van der Waals surface area contributed by atoms with Crippen LogP contribution in [0, 0.1) is 0 Å². The summed E-state index contributed by atoms with van der Waals surface area (Å²) in [6.07, 6.45) is 3.73. The Kier molecular flexibility index (Phi) is 10.0. The van der Waals surface area contributed by atoms with Gasteiger partial charge < -0.3 is 10.4 Å². The number of rotatable bonds is 9. The van der Waals surface area contributed by atoms with Crippen LogP contribution in [0.1, 0.15) is 40.0 Å². The third kappa shape index (κ3) is 7.65. The summed E-state index contributed by atoms with van der Waals surface area (Å²) < 4.78 is 0. The summed E-state index contributed by atoms with van der Waals surface area (Å²) in [5, 5.41) is 12.7. The van der Waals surface area contributed by atoms with Gasteiger partial charge in [0.1, 0.15) is 0 Å². The van der Waals surface area contributed by atoms with Gasteiger partial charge in [0.25, 0.3) is 0 Å². The Morgan fingerprint density at radius 1 is 1.36 bits per heavy atom. The lowest BCUT2D eigenvalue weighted by Gasteiger charge is -2.15. The fourth-order valence-electron chi connectivity index (χ4n) is 1.41. The van der Waals surface area contributed by atoms with Crippen LogP contribution in [0.5, 0.6) is 0 Å². The Morgan fingerprint density at radius 3 is 2.57 bits per heavy atom. The maximum absolute atomic E-state index is 8.84. The third-order valence-electron chi connectivity index (χ3n) is 2.34. The fourth-order valence-corrected chi connectivity index (χ4v) is 2.25. The topological polar surface area (TPSA) is 32.3 Å². The SMILES string of the molecule is CCNC(CC)CCCSC(C)CO. The van der Waals surface area contributed by atoms with E-state index in [1.54, 1.807) is 0 Å². The van der Waals surface area contributed by atoms with E-state index in [1.165, 1.54) is 25.0 Å². The smallest absolute Gasteiger partial charge is 0.0547 e. The van der Waals surface area contributed by atoms with Crippen molar-refractivity contribution < 1.29 is 5.11 Å². The van der Waals surface area contributed by atoms with Gasteiger partial charge in [-0.05, 0) is 31.6 Å². The highest BCUT2D eigenvalue weighted by molar-refractivity contribution is 7.99. The number of hydrogen-bond donors (Lipinski definition) is 2. The zero-order chi connectivity index (χ0) is 10.8. The molecule has 0 amide bonds. The molecule has 0 spiro atoms. The lowest BCUT2D eigenvalue weighted by atomic mass is 10.1. The van der Waals surface area contributed by atoms with E-state index in [1.807, 2.05) is 11.8 Å². The molecule has 14 heavy (non-hydrogen) atoms. The van der Waals surface area contributed by atoms with Crippen LogP contribution >= 0.6 is 11.8 Å². The summed E-state index contributed by atoms with van der Waals surface area (Å²) >= 11 is 1.87. The van der Waals surface area contributed by atoms with Gasteiger partial charge in [-0.25, -0.2) is 0 Å². The second-order valence-corrected chi connectivity index (χ2v) is 5.22. The van der Waals surface area contributed by atoms with Crippen molar-refractivity contribution in [2.45, 2.75) is 51.3 Å². The zero-order valence-corrected chi connectivity index (χ0v) is 10.6. The molecule has 0 aromatic heterocycles. The van der Waals surface area contributed by atoms with Crippen molar-refractivity contribution in [3.05, 3.63) is 0 Å². The molecule has 0 aromatic rings. The van der Waals surface area contributed by atoms with Gasteiger partial charge in [-0.15, -0.1) is 0 Å². The maximum Gasteiger partial charge on any atom is 0.0547 e. The molecule has 0 radical (unpaired) electrons. The van der Waals surface area contributed by atoms with E-state index < -0.39 is 0 Å². The highest BCUT2D eigenvalue weighted by Crippen LogP contribution is 2.13. The molecule has 2 unspecified atom stereocenters. The molecular weight excluding hydrogens is 194 g/mol. The van der Waals surface area contributed by atoms with Gasteiger partial charge in [-0.2, -0.15) is 11.8 Å². The summed E-state index contributed by atoms with van der Waals surface area (Å²) in [6, 6.07) is 0.685. The van der Waals surface area contributed by atoms with Gasteiger partial charge in [-0.3, -0.25) is 0 Å². The van der Waals surface area contributed by atoms with Crippen LogP contribution in [0.3, 0.4) is 0 Å². The van der Waals surface area contributed by atoms with Gasteiger partial charge in [-0.1, -0.05) is 20.8 Å². The minimum Gasteiger partial charge on any atom is -0.395 e. The highest BCUT2D eigenvalue weighted by Gasteiger charge is 2.04. The average molecular weight is 219 g/mol. The third-order valence-corrected chi connectivity index (χ3v) is 3.58. The first kappa shape index (κ1) is 14.3. The van der Waals surface area contributed by atoms with E-state index in [9.17, 15) is 0 Å². The van der Waals surface area contributed by atoms with Crippen molar-refractivity contribution in [3.63, 3.8) is 0 Å². The number of aliphatic hydroxyl groups excluding tert-OH is 1. The largest absolute Gasteiger partial charge is 0.395 e. The van der Waals surface area contributed by atoms with Gasteiger partial charge in [0.05, 0.1) is 6.61 Å². The summed E-state index contributed by atoms with van der Waals surface area (Å²) in [4.78, 5) is 0. The van der Waals surface area contributed by atoms with Crippen molar-refractivity contribution in [1.29, 1.82) is 0 Å². The average Bonchev–Trinajstić information content (AvgIpc) is 2.22. The molecular formula is C11H25NOS. The fraction of sp³-hybridized carbons (Fsp3) is 1.00. The Bertz CT molecular complexity index is 122. The predicted molar refractivity (Wildman–Crippen MR) is 66.0 cm³/mol. The molecule has 0 fully saturated rings. The molecule has 2 nitrogen and oxygen atoms in total. The van der Waals surface area contributed by atoms with E-state index in [2.05, 4.69) is 26.1 Å². The number of aliphatic hydroxyl groups is 1. The second kappa shape index (κ2) is 9.81. The Morgan fingerprint density at radius 2 is 2.07 bits per heavy atom. The van der Waals surface area contributed by atoms with E-state index in [0.717, 1.165) is 6.54 Å². The van der Waals surface area contributed by atoms with E-state index in [0.29, 0.717) is 17.9 Å². The molecule has 0 saturated carbocycles. The normalized spacial score (nSPS) is 15.4. The maximum atomic E-state index is 8.84. The number of thioether (sulfide) groups is 1. The van der Waals surface area contributed by atoms with E-state index in [-0.39, 0.29) is 0 Å². The zero-order valence-electron chi connectivity index (χ0n) is 9.75. The van der Waals surface area contributed by atoms with E-state index >= 15 is 0 Å². The van der Waals surface area contributed by atoms with Crippen molar-refractivity contribution in [2.24, 2.45) is 0 Å². The summed E-state index contributed by atoms with van der Waals surface area (Å²) in [5.74, 6) is 1.17. The quantitative estimate of drug-likeness (QED) is 0.584. The number of nitrogens with one attached hydrogen (secondary N) is 1. The molecule has 0 rings (SSSR count). The van der Waals surface area contributed by atoms with Crippen LogP contribution in [0.4, 0.5) is 0 Å². The van der Waals surface area contributed by atoms with Crippen LogP contribution in [-0.2, 0) is 0 Å². The first-order chi connectivity index (χ1) is 6.74. The summed E-state index contributed by atoms with van der Waals surface area (Å²) in [7, 11) is 0. The highest BCUT2D eigenvalue weighted by atomic mass is 32.2. The van der Waals surface area contributed by atoms with Crippen molar-refractivity contribution >= 4 is 11.8 Å². The number of hydrogen-bond acceptors (Lipinski definition) is 3.